The van der Waals surface area contributed by atoms with Crippen molar-refractivity contribution >= 4 is 21.8 Å². The van der Waals surface area contributed by atoms with Gasteiger partial charge in [0.25, 0.3) is 5.91 Å². The number of aliphatic hydroxyl groups excluding tert-OH is 1. The number of hydrogen-bond donors (Lipinski definition) is 2. The minimum atomic E-state index is -0.777. The monoisotopic (exact) mass is 348 g/mol. The van der Waals surface area contributed by atoms with E-state index in [1.54, 1.807) is 0 Å². The highest BCUT2D eigenvalue weighted by Gasteiger charge is 2.20. The van der Waals surface area contributed by atoms with Crippen molar-refractivity contribution in [3.63, 3.8) is 0 Å². The van der Waals surface area contributed by atoms with Crippen LogP contribution >= 0.6 is 15.9 Å². The third kappa shape index (κ3) is 3.74. The van der Waals surface area contributed by atoms with Crippen molar-refractivity contribution in [1.29, 1.82) is 0 Å². The molecule has 1 fully saturated rings. The largest absolute Gasteiger partial charge is 0.392 e. The Kier molecular flexibility index (Phi) is 5.06. The molecule has 1 aliphatic heterocycles. The number of aliphatic hydroxyl groups is 1. The number of β-amino-alcohol motifs (C(OH)–C–C–N with tert-alkyl or cyclic N) is 1. The lowest BCUT2D eigenvalue weighted by atomic mass is 10.2. The molecule has 1 heterocycles. The summed E-state index contributed by atoms with van der Waals surface area (Å²) in [5, 5.41) is 11.9. The Morgan fingerprint density at radius 3 is 2.90 bits per heavy atom. The van der Waals surface area contributed by atoms with Gasteiger partial charge in [0.2, 0.25) is 0 Å². The van der Waals surface area contributed by atoms with Gasteiger partial charge < -0.3 is 10.4 Å². The number of nitrogens with zero attached hydrogens (tertiary/aromatic N) is 1. The maximum atomic E-state index is 13.7. The van der Waals surface area contributed by atoms with Crippen LogP contribution < -0.4 is 5.32 Å². The lowest BCUT2D eigenvalue weighted by Gasteiger charge is -2.15. The zero-order chi connectivity index (χ0) is 14.7. The van der Waals surface area contributed by atoms with Crippen molar-refractivity contribution in [2.24, 2.45) is 0 Å². The van der Waals surface area contributed by atoms with Crippen LogP contribution in [0, 0.1) is 11.6 Å². The molecule has 0 aromatic heterocycles. The van der Waals surface area contributed by atoms with Crippen LogP contribution in [0.2, 0.25) is 0 Å². The van der Waals surface area contributed by atoms with Crippen molar-refractivity contribution in [1.82, 2.24) is 10.2 Å². The molecule has 0 radical (unpaired) electrons. The molecule has 7 heteroatoms. The molecule has 4 nitrogen and oxygen atoms in total. The van der Waals surface area contributed by atoms with Crippen molar-refractivity contribution in [2.45, 2.75) is 12.5 Å². The van der Waals surface area contributed by atoms with Gasteiger partial charge in [-0.2, -0.15) is 0 Å². The van der Waals surface area contributed by atoms with Crippen LogP contribution in [-0.2, 0) is 0 Å². The number of likely N-dealkylation sites (tertiary alicyclic amines) is 1. The zero-order valence-electron chi connectivity index (χ0n) is 10.7. The highest BCUT2D eigenvalue weighted by molar-refractivity contribution is 9.10. The van der Waals surface area contributed by atoms with Gasteiger partial charge in [0, 0.05) is 26.2 Å². The number of amides is 1. The molecule has 1 aromatic rings. The highest BCUT2D eigenvalue weighted by atomic mass is 79.9. The lowest BCUT2D eigenvalue weighted by molar-refractivity contribution is 0.0944. The van der Waals surface area contributed by atoms with Crippen LogP contribution in [-0.4, -0.2) is 48.2 Å². The molecule has 0 aliphatic carbocycles. The van der Waals surface area contributed by atoms with E-state index in [9.17, 15) is 18.7 Å². The summed E-state index contributed by atoms with van der Waals surface area (Å²) < 4.78 is 26.8. The van der Waals surface area contributed by atoms with Gasteiger partial charge in [-0.15, -0.1) is 0 Å². The van der Waals surface area contributed by atoms with Crippen LogP contribution in [0.4, 0.5) is 8.78 Å². The van der Waals surface area contributed by atoms with Gasteiger partial charge >= 0.3 is 0 Å². The Morgan fingerprint density at radius 1 is 1.50 bits per heavy atom. The minimum absolute atomic E-state index is 0.0784. The fourth-order valence-corrected chi connectivity index (χ4v) is 2.59. The number of rotatable bonds is 4. The summed E-state index contributed by atoms with van der Waals surface area (Å²) in [7, 11) is 0. The topological polar surface area (TPSA) is 52.6 Å². The van der Waals surface area contributed by atoms with Crippen molar-refractivity contribution in [2.75, 3.05) is 26.2 Å². The summed E-state index contributed by atoms with van der Waals surface area (Å²) in [6, 6.07) is 1.84. The van der Waals surface area contributed by atoms with Crippen LogP contribution in [0.15, 0.2) is 16.6 Å². The molecule has 2 rings (SSSR count). The summed E-state index contributed by atoms with van der Waals surface area (Å²) in [6.45, 7) is 2.24. The molecular formula is C13H15BrF2N2O2. The normalized spacial score (nSPS) is 19.3. The molecule has 0 spiro atoms. The number of nitrogens with one attached hydrogen (secondary N) is 1. The molecule has 110 valence electrons. The molecular weight excluding hydrogens is 334 g/mol. The summed E-state index contributed by atoms with van der Waals surface area (Å²) in [4.78, 5) is 13.8. The van der Waals surface area contributed by atoms with E-state index in [0.717, 1.165) is 25.1 Å². The molecule has 1 aliphatic rings. The number of hydrogen-bond acceptors (Lipinski definition) is 3. The SMILES string of the molecule is O=C(NCCN1CC[C@@H](O)C1)c1cc(F)cc(Br)c1F. The smallest absolute Gasteiger partial charge is 0.254 e. The minimum Gasteiger partial charge on any atom is -0.392 e. The number of carbonyl (C=O) groups is 1. The average Bonchev–Trinajstić information content (AvgIpc) is 2.79. The Bertz CT molecular complexity index is 513. The van der Waals surface area contributed by atoms with Gasteiger partial charge in [-0.3, -0.25) is 9.69 Å². The van der Waals surface area contributed by atoms with E-state index in [4.69, 9.17) is 0 Å². The van der Waals surface area contributed by atoms with Gasteiger partial charge in [0.05, 0.1) is 16.1 Å². The van der Waals surface area contributed by atoms with Crippen molar-refractivity contribution in [3.05, 3.63) is 33.8 Å². The predicted molar refractivity (Wildman–Crippen MR) is 73.5 cm³/mol. The molecule has 1 saturated heterocycles. The van der Waals surface area contributed by atoms with Crippen LogP contribution in [0.3, 0.4) is 0 Å². The fraction of sp³-hybridized carbons (Fsp3) is 0.462. The molecule has 1 amide bonds. The van der Waals surface area contributed by atoms with Crippen LogP contribution in [0.5, 0.6) is 0 Å². The first-order chi connectivity index (χ1) is 9.47. The van der Waals surface area contributed by atoms with Crippen LogP contribution in [0.1, 0.15) is 16.8 Å². The maximum Gasteiger partial charge on any atom is 0.254 e. The second-order valence-electron chi connectivity index (χ2n) is 4.75. The van der Waals surface area contributed by atoms with E-state index in [0.29, 0.717) is 19.6 Å². The average molecular weight is 349 g/mol. The standard InChI is InChI=1S/C13H15BrF2N2O2/c14-11-6-8(15)5-10(12(11)16)13(20)17-2-4-18-3-1-9(19)7-18/h5-6,9,19H,1-4,7H2,(H,17,20)/t9-/m1/s1. The van der Waals surface area contributed by atoms with E-state index >= 15 is 0 Å². The van der Waals surface area contributed by atoms with E-state index in [2.05, 4.69) is 21.2 Å². The highest BCUT2D eigenvalue weighted by Crippen LogP contribution is 2.20. The number of benzene rings is 1. The molecule has 0 saturated carbocycles. The molecule has 1 atom stereocenters. The van der Waals surface area contributed by atoms with Crippen molar-refractivity contribution in [3.8, 4) is 0 Å². The molecule has 1 aromatic carbocycles. The maximum absolute atomic E-state index is 13.7. The third-order valence-electron chi connectivity index (χ3n) is 3.20. The Morgan fingerprint density at radius 2 is 2.25 bits per heavy atom. The second-order valence-corrected chi connectivity index (χ2v) is 5.60. The van der Waals surface area contributed by atoms with Crippen LogP contribution in [0.25, 0.3) is 0 Å². The zero-order valence-corrected chi connectivity index (χ0v) is 12.3. The van der Waals surface area contributed by atoms with Gasteiger partial charge in [-0.05, 0) is 34.5 Å². The number of carbonyl (C=O) groups excluding carboxylic acids is 1. The fourth-order valence-electron chi connectivity index (χ4n) is 2.16. The first kappa shape index (κ1) is 15.3. The lowest BCUT2D eigenvalue weighted by Crippen LogP contribution is -2.34. The Balaban J connectivity index is 1.89. The summed E-state index contributed by atoms with van der Waals surface area (Å²) in [5.74, 6) is -2.10. The second kappa shape index (κ2) is 6.60. The molecule has 0 unspecified atom stereocenters. The Hall–Kier alpha value is -1.05. The summed E-state index contributed by atoms with van der Waals surface area (Å²) >= 11 is 2.86. The molecule has 0 bridgehead atoms. The number of halogens is 3. The van der Waals surface area contributed by atoms with E-state index in [1.165, 1.54) is 0 Å². The first-order valence-corrected chi connectivity index (χ1v) is 7.10. The van der Waals surface area contributed by atoms with Gasteiger partial charge in [-0.25, -0.2) is 8.78 Å². The first-order valence-electron chi connectivity index (χ1n) is 6.30. The summed E-state index contributed by atoms with van der Waals surface area (Å²) in [6.07, 6.45) is 0.404. The Labute approximate surface area is 123 Å². The van der Waals surface area contributed by atoms with Gasteiger partial charge in [0.15, 0.2) is 0 Å². The summed E-state index contributed by atoms with van der Waals surface area (Å²) in [5.41, 5.74) is -0.321. The molecule has 20 heavy (non-hydrogen) atoms. The molecule has 2 N–H and O–H groups in total. The van der Waals surface area contributed by atoms with E-state index in [-0.39, 0.29) is 16.1 Å². The van der Waals surface area contributed by atoms with E-state index in [1.807, 2.05) is 4.90 Å². The quantitative estimate of drug-likeness (QED) is 0.811. The van der Waals surface area contributed by atoms with E-state index < -0.39 is 17.5 Å². The van der Waals surface area contributed by atoms with Gasteiger partial charge in [0.1, 0.15) is 11.6 Å². The van der Waals surface area contributed by atoms with Crippen molar-refractivity contribution < 1.29 is 18.7 Å². The third-order valence-corrected chi connectivity index (χ3v) is 3.78. The van der Waals surface area contributed by atoms with Gasteiger partial charge in [-0.1, -0.05) is 0 Å². The predicted octanol–water partition coefficient (Wildman–Crippen LogP) is 1.52.